The zero-order chi connectivity index (χ0) is 37.2. The summed E-state index contributed by atoms with van der Waals surface area (Å²) in [6.07, 6.45) is 17.6. The van der Waals surface area contributed by atoms with Gasteiger partial charge in [0.1, 0.15) is 0 Å². The lowest BCUT2D eigenvalue weighted by Gasteiger charge is -2.40. The largest absolute Gasteiger partial charge is 0.333 e. The summed E-state index contributed by atoms with van der Waals surface area (Å²) in [7, 11) is -0.426. The van der Waals surface area contributed by atoms with Gasteiger partial charge in [0.25, 0.3) is 0 Å². The maximum absolute atomic E-state index is 6.78. The van der Waals surface area contributed by atoms with Crippen molar-refractivity contribution in [3.8, 4) is 0 Å². The van der Waals surface area contributed by atoms with Crippen molar-refractivity contribution in [2.45, 2.75) is 56.2 Å². The molecular weight excluding hydrogens is 655 g/mol. The second-order valence-corrected chi connectivity index (χ2v) is 12.3. The first kappa shape index (κ1) is 47.4. The normalized spacial score (nSPS) is 11.0. The fraction of sp³-hybridized carbons (Fsp3) is 0.182. The molecule has 0 amide bonds. The van der Waals surface area contributed by atoms with Gasteiger partial charge < -0.3 is 5.73 Å². The van der Waals surface area contributed by atoms with Gasteiger partial charge >= 0.3 is 0 Å². The molecule has 0 unspecified atom stereocenters. The van der Waals surface area contributed by atoms with Crippen LogP contribution in [0.1, 0.15) is 47.1 Å². The van der Waals surface area contributed by atoms with E-state index in [1.54, 1.807) is 18.4 Å². The van der Waals surface area contributed by atoms with Crippen LogP contribution in [0.2, 0.25) is 0 Å². The fourth-order valence-corrected chi connectivity index (χ4v) is 8.43. The third-order valence-electron chi connectivity index (χ3n) is 5.97. The van der Waals surface area contributed by atoms with Crippen molar-refractivity contribution >= 4 is 40.6 Å². The predicted molar refractivity (Wildman–Crippen MR) is 231 cm³/mol. The molecule has 2 nitrogen and oxygen atoms in total. The lowest BCUT2D eigenvalue weighted by atomic mass is 10.1. The summed E-state index contributed by atoms with van der Waals surface area (Å²) in [5.41, 5.74) is 6.96. The zero-order valence-electron chi connectivity index (χ0n) is 30.8. The highest BCUT2D eigenvalue weighted by Crippen LogP contribution is 2.71. The maximum Gasteiger partial charge on any atom is 0.0434 e. The first-order valence-corrected chi connectivity index (χ1v) is 19.7. The first-order chi connectivity index (χ1) is 24.2. The molecule has 4 aromatic carbocycles. The Morgan fingerprint density at radius 1 is 0.612 bits per heavy atom. The van der Waals surface area contributed by atoms with Gasteiger partial charge in [-0.1, -0.05) is 168 Å². The Labute approximate surface area is 311 Å². The van der Waals surface area contributed by atoms with Gasteiger partial charge in [-0.25, -0.2) is 0 Å². The highest BCUT2D eigenvalue weighted by atomic mass is 32.3. The summed E-state index contributed by atoms with van der Waals surface area (Å²) in [4.78, 5) is 4.53. The Kier molecular flexibility index (Phi) is 31.8. The lowest BCUT2D eigenvalue weighted by molar-refractivity contribution is 0.721. The molecule has 264 valence electrons. The van der Waals surface area contributed by atoms with Crippen molar-refractivity contribution in [1.29, 1.82) is 0 Å². The van der Waals surface area contributed by atoms with Gasteiger partial charge in [0, 0.05) is 31.6 Å². The number of allylic oxidation sites excluding steroid dienone is 9. The van der Waals surface area contributed by atoms with Crippen LogP contribution in [0.5, 0.6) is 0 Å². The van der Waals surface area contributed by atoms with Crippen molar-refractivity contribution in [2.75, 3.05) is 13.3 Å². The van der Waals surface area contributed by atoms with Crippen molar-refractivity contribution in [3.05, 3.63) is 194 Å². The van der Waals surface area contributed by atoms with Crippen LogP contribution in [0.15, 0.2) is 203 Å². The van der Waals surface area contributed by atoms with E-state index in [9.17, 15) is 0 Å². The average Bonchev–Trinajstić information content (AvgIpc) is 3.21. The Balaban J connectivity index is 0. The van der Waals surface area contributed by atoms with Crippen LogP contribution >= 0.6 is 35.0 Å². The van der Waals surface area contributed by atoms with Gasteiger partial charge in [-0.3, -0.25) is 3.63 Å². The standard InChI is InChI=1S/C25H24OS2.C13H14.2C2H6.CH5N.CH4S/c1-3-5-17-23(4-2)28(24-18-11-7-12-19-24,25-20-13-8-14-21-25)26-27-22-15-9-6-10-16-22;1-3-5-9-12(4-2)13-10-7-6-8-11-13;4*1-2/h3-21H,1H2,2H3;3-11H,1H2,2H3;2*1-2H3;2H2,1H3;2H,1H3/b17-5-,23-4+;9-5-,12-4+;;;;. The molecule has 0 fully saturated rings. The van der Waals surface area contributed by atoms with Crippen LogP contribution in [0, 0.1) is 0 Å². The third kappa shape index (κ3) is 17.0. The second-order valence-electron chi connectivity index (χ2n) is 8.64. The molecule has 0 bridgehead atoms. The van der Waals surface area contributed by atoms with E-state index < -0.39 is 10.3 Å². The molecule has 0 saturated heterocycles. The molecule has 0 atom stereocenters. The summed E-state index contributed by atoms with van der Waals surface area (Å²) in [6.45, 7) is 19.6. The monoisotopic (exact) mass is 713 g/mol. The highest BCUT2D eigenvalue weighted by Gasteiger charge is 2.33. The van der Waals surface area contributed by atoms with E-state index in [0.29, 0.717) is 0 Å². The van der Waals surface area contributed by atoms with Gasteiger partial charge in [0.05, 0.1) is 0 Å². The predicted octanol–water partition coefficient (Wildman–Crippen LogP) is 14.2. The molecule has 2 N–H and O–H groups in total. The third-order valence-corrected chi connectivity index (χ3v) is 10.4. The van der Waals surface area contributed by atoms with E-state index in [1.165, 1.54) is 30.2 Å². The summed E-state index contributed by atoms with van der Waals surface area (Å²) in [6, 6.07) is 41.5. The molecule has 5 heteroatoms. The number of thiol groups is 1. The maximum atomic E-state index is 6.78. The number of benzene rings is 4. The molecule has 0 saturated carbocycles. The SMILES string of the molecule is C=C/C=C\C(=C/C)S(OSc1ccccc1)(c1ccccc1)c1ccccc1.C=C/C=C\C(=C/C)c1ccccc1.CC.CC.CN.CS. The molecule has 0 radical (unpaired) electrons. The Morgan fingerprint density at radius 2 is 1.00 bits per heavy atom. The minimum Gasteiger partial charge on any atom is -0.333 e. The van der Waals surface area contributed by atoms with Gasteiger partial charge in [0.2, 0.25) is 0 Å². The van der Waals surface area contributed by atoms with Crippen LogP contribution in [0.25, 0.3) is 5.57 Å². The second kappa shape index (κ2) is 32.8. The number of rotatable bonds is 11. The minimum atomic E-state index is -1.93. The summed E-state index contributed by atoms with van der Waals surface area (Å²) >= 11 is 4.96. The van der Waals surface area contributed by atoms with Gasteiger partial charge in [-0.05, 0) is 91.1 Å². The molecule has 0 spiro atoms. The van der Waals surface area contributed by atoms with Crippen LogP contribution in [-0.4, -0.2) is 13.3 Å². The lowest BCUT2D eigenvalue weighted by Crippen LogP contribution is -2.06. The highest BCUT2D eigenvalue weighted by molar-refractivity contribution is 8.36. The Bertz CT molecular complexity index is 1420. The quantitative estimate of drug-likeness (QED) is 0.0923. The zero-order valence-corrected chi connectivity index (χ0v) is 33.4. The smallest absolute Gasteiger partial charge is 0.0434 e. The van der Waals surface area contributed by atoms with E-state index in [-0.39, 0.29) is 0 Å². The van der Waals surface area contributed by atoms with Crippen molar-refractivity contribution in [2.24, 2.45) is 5.73 Å². The van der Waals surface area contributed by atoms with E-state index in [4.69, 9.17) is 3.63 Å². The van der Waals surface area contributed by atoms with Crippen molar-refractivity contribution in [3.63, 3.8) is 0 Å². The van der Waals surface area contributed by atoms with E-state index in [2.05, 4.69) is 136 Å². The van der Waals surface area contributed by atoms with Gasteiger partial charge in [0.15, 0.2) is 0 Å². The van der Waals surface area contributed by atoms with Crippen LogP contribution in [-0.2, 0) is 3.63 Å². The summed E-state index contributed by atoms with van der Waals surface area (Å²) < 4.78 is 6.78. The molecular formula is C44H59NOS3. The van der Waals surface area contributed by atoms with Crippen LogP contribution < -0.4 is 5.73 Å². The Morgan fingerprint density at radius 3 is 1.39 bits per heavy atom. The van der Waals surface area contributed by atoms with E-state index in [1.807, 2.05) is 95.3 Å². The van der Waals surface area contributed by atoms with Crippen molar-refractivity contribution in [1.82, 2.24) is 0 Å². The molecule has 49 heavy (non-hydrogen) atoms. The van der Waals surface area contributed by atoms with E-state index in [0.717, 1.165) is 19.6 Å². The van der Waals surface area contributed by atoms with Crippen LogP contribution in [0.3, 0.4) is 0 Å². The average molecular weight is 714 g/mol. The van der Waals surface area contributed by atoms with Crippen molar-refractivity contribution < 1.29 is 3.63 Å². The molecule has 0 aliphatic rings. The number of hydrogen-bond donors (Lipinski definition) is 2. The first-order valence-electron chi connectivity index (χ1n) is 16.5. The molecule has 4 aromatic rings. The topological polar surface area (TPSA) is 35.2 Å². The summed E-state index contributed by atoms with van der Waals surface area (Å²) in [5, 5.41) is 0. The number of nitrogens with two attached hydrogens (primary N) is 1. The minimum absolute atomic E-state index is 1.08. The van der Waals surface area contributed by atoms with E-state index >= 15 is 0 Å². The fourth-order valence-electron chi connectivity index (χ4n) is 4.00. The molecule has 4 rings (SSSR count). The molecule has 0 aliphatic carbocycles. The molecule has 0 heterocycles. The van der Waals surface area contributed by atoms with Crippen LogP contribution in [0.4, 0.5) is 0 Å². The Hall–Kier alpha value is -3.71. The number of hydrogen-bond acceptors (Lipinski definition) is 4. The molecule has 0 aromatic heterocycles. The van der Waals surface area contributed by atoms with Gasteiger partial charge in [-0.15, -0.1) is 0 Å². The van der Waals surface area contributed by atoms with Gasteiger partial charge in [-0.2, -0.15) is 12.6 Å². The summed E-state index contributed by atoms with van der Waals surface area (Å²) in [5.74, 6) is 0. The molecule has 0 aliphatic heterocycles.